The zero-order valence-corrected chi connectivity index (χ0v) is 31.3. The Morgan fingerprint density at radius 1 is 0.860 bits per heavy atom. The summed E-state index contributed by atoms with van der Waals surface area (Å²) in [7, 11) is 0. The van der Waals surface area contributed by atoms with Crippen molar-refractivity contribution in [2.45, 2.75) is 82.0 Å². The molecule has 310 valence electrons. The van der Waals surface area contributed by atoms with Crippen molar-refractivity contribution < 1.29 is 48.3 Å². The highest BCUT2D eigenvalue weighted by molar-refractivity contribution is 6.05. The Morgan fingerprint density at radius 2 is 1.53 bits per heavy atom. The SMILES string of the molecule is N#CCCC(=O)NCC(=O)NCC(=O)N1C(=O)[C@H](CCCCN)NC(=O)[C@@H](Cc2ccccc2)NC(=O)[C@H](CC(=O)O)NC(=O)CNC(=O)[C@@H]1CCCN=C(N)N. The topological polar surface area (TPSA) is 363 Å². The second kappa shape index (κ2) is 24.7. The van der Waals surface area contributed by atoms with Crippen LogP contribution in [0.3, 0.4) is 0 Å². The maximum Gasteiger partial charge on any atom is 0.305 e. The number of rotatable bonds is 18. The first kappa shape index (κ1) is 46.5. The molecule has 22 nitrogen and oxygen atoms in total. The van der Waals surface area contributed by atoms with Crippen molar-refractivity contribution in [2.75, 3.05) is 32.7 Å². The van der Waals surface area contributed by atoms with Crippen LogP contribution in [0.4, 0.5) is 0 Å². The van der Waals surface area contributed by atoms with E-state index in [1.165, 1.54) is 0 Å². The van der Waals surface area contributed by atoms with Crippen LogP contribution in [0.1, 0.15) is 56.9 Å². The summed E-state index contributed by atoms with van der Waals surface area (Å²) in [5, 5.41) is 32.3. The summed E-state index contributed by atoms with van der Waals surface area (Å²) in [6, 6.07) is 3.83. The van der Waals surface area contributed by atoms with E-state index in [4.69, 9.17) is 22.5 Å². The van der Waals surface area contributed by atoms with Gasteiger partial charge >= 0.3 is 5.97 Å². The molecule has 0 aromatic heterocycles. The molecule has 0 unspecified atom stereocenters. The standard InChI is InChI=1S/C35H50N12O10/c36-13-5-4-10-22-34(57)47(29(51)20-42-27(49)18-41-26(48)12-6-14-37)25(11-7-15-40-35(38)39)33(56)43-19-28(50)44-24(17-30(52)53)32(55)46-23(31(54)45-22)16-21-8-2-1-3-9-21/h1-3,8-9,22-25H,4-7,10-13,15-20,36H2,(H,41,48)(H,42,49)(H,43,56)(H,44,50)(H,45,54)(H,46,55)(H,52,53)(H4,38,39,40)/t22-,23+,24-,25-/m0/s1. The molecule has 0 spiro atoms. The molecule has 57 heavy (non-hydrogen) atoms. The van der Waals surface area contributed by atoms with E-state index in [1.54, 1.807) is 36.4 Å². The van der Waals surface area contributed by atoms with Crippen LogP contribution >= 0.6 is 0 Å². The molecule has 4 atom stereocenters. The smallest absolute Gasteiger partial charge is 0.305 e. The van der Waals surface area contributed by atoms with Crippen molar-refractivity contribution in [3.8, 4) is 6.07 Å². The number of aliphatic imine (C=N–C) groups is 1. The minimum atomic E-state index is -1.70. The van der Waals surface area contributed by atoms with E-state index in [1.807, 2.05) is 0 Å². The number of imide groups is 1. The van der Waals surface area contributed by atoms with Gasteiger partial charge in [0.05, 0.1) is 32.1 Å². The summed E-state index contributed by atoms with van der Waals surface area (Å²) in [5.41, 5.74) is 17.1. The molecule has 0 radical (unpaired) electrons. The number of carboxylic acids is 1. The first-order valence-corrected chi connectivity index (χ1v) is 18.1. The van der Waals surface area contributed by atoms with E-state index >= 15 is 0 Å². The maximum atomic E-state index is 14.6. The number of guanidine groups is 1. The van der Waals surface area contributed by atoms with Gasteiger partial charge in [0.25, 0.3) is 5.91 Å². The van der Waals surface area contributed by atoms with Crippen molar-refractivity contribution >= 4 is 59.2 Å². The van der Waals surface area contributed by atoms with Crippen LogP contribution in [0, 0.1) is 11.3 Å². The van der Waals surface area contributed by atoms with E-state index < -0.39 is 103 Å². The van der Waals surface area contributed by atoms with Gasteiger partial charge in [0.15, 0.2) is 5.96 Å². The normalized spacial score (nSPS) is 19.2. The van der Waals surface area contributed by atoms with Gasteiger partial charge in [-0.3, -0.25) is 53.0 Å². The van der Waals surface area contributed by atoms with Crippen molar-refractivity contribution in [1.29, 1.82) is 5.26 Å². The number of benzene rings is 1. The highest BCUT2D eigenvalue weighted by Gasteiger charge is 2.40. The zero-order valence-electron chi connectivity index (χ0n) is 31.3. The zero-order chi connectivity index (χ0) is 42.3. The highest BCUT2D eigenvalue weighted by Crippen LogP contribution is 2.15. The monoisotopic (exact) mass is 798 g/mol. The van der Waals surface area contributed by atoms with E-state index in [-0.39, 0.29) is 64.0 Å². The lowest BCUT2D eigenvalue weighted by Crippen LogP contribution is -2.61. The molecular formula is C35H50N12O10. The highest BCUT2D eigenvalue weighted by atomic mass is 16.4. The fourth-order valence-corrected chi connectivity index (χ4v) is 5.52. The molecule has 22 heteroatoms. The van der Waals surface area contributed by atoms with E-state index in [9.17, 15) is 48.3 Å². The summed E-state index contributed by atoms with van der Waals surface area (Å²) < 4.78 is 0. The number of carboxylic acid groups (broad SMARTS) is 1. The summed E-state index contributed by atoms with van der Waals surface area (Å²) in [4.78, 5) is 124. The number of nitrogens with two attached hydrogens (primary N) is 3. The van der Waals surface area contributed by atoms with Crippen LogP contribution < -0.4 is 49.1 Å². The number of carbonyl (C=O) groups is 9. The quantitative estimate of drug-likeness (QED) is 0.0382. The number of hydrogen-bond acceptors (Lipinski definition) is 12. The van der Waals surface area contributed by atoms with E-state index in [0.717, 1.165) is 0 Å². The molecule has 2 rings (SSSR count). The predicted molar refractivity (Wildman–Crippen MR) is 201 cm³/mol. The number of hydrogen-bond donors (Lipinski definition) is 10. The molecular weight excluding hydrogens is 748 g/mol. The Balaban J connectivity index is 2.65. The maximum absolute atomic E-state index is 14.6. The van der Waals surface area contributed by atoms with Crippen molar-refractivity contribution in [2.24, 2.45) is 22.2 Å². The van der Waals surface area contributed by atoms with Gasteiger partial charge in [-0.25, -0.2) is 0 Å². The van der Waals surface area contributed by atoms with Crippen LogP contribution in [0.15, 0.2) is 35.3 Å². The summed E-state index contributed by atoms with van der Waals surface area (Å²) in [6.07, 6.45) is -1.08. The van der Waals surface area contributed by atoms with Crippen LogP contribution in [0.2, 0.25) is 0 Å². The van der Waals surface area contributed by atoms with E-state index in [0.29, 0.717) is 16.9 Å². The molecule has 1 saturated heterocycles. The molecule has 1 aromatic carbocycles. The third kappa shape index (κ3) is 17.2. The van der Waals surface area contributed by atoms with Crippen LogP contribution in [0.5, 0.6) is 0 Å². The average molecular weight is 799 g/mol. The van der Waals surface area contributed by atoms with Gasteiger partial charge in [0, 0.05) is 25.8 Å². The molecule has 0 aliphatic carbocycles. The molecule has 1 aromatic rings. The van der Waals surface area contributed by atoms with E-state index in [2.05, 4.69) is 36.9 Å². The molecule has 0 saturated carbocycles. The fourth-order valence-electron chi connectivity index (χ4n) is 5.52. The summed E-state index contributed by atoms with van der Waals surface area (Å²) in [6.45, 7) is -2.16. The average Bonchev–Trinajstić information content (AvgIpc) is 3.17. The molecule has 1 aliphatic heterocycles. The molecule has 0 bridgehead atoms. The molecule has 8 amide bonds. The van der Waals surface area contributed by atoms with Gasteiger partial charge in [0.2, 0.25) is 41.4 Å². The molecule has 1 heterocycles. The molecule has 13 N–H and O–H groups in total. The fraction of sp³-hybridized carbons (Fsp3) is 0.514. The van der Waals surface area contributed by atoms with Gasteiger partial charge in [-0.15, -0.1) is 0 Å². The lowest BCUT2D eigenvalue weighted by Gasteiger charge is -2.33. The third-order valence-electron chi connectivity index (χ3n) is 8.33. The predicted octanol–water partition coefficient (Wildman–Crippen LogP) is -4.27. The second-order valence-corrected chi connectivity index (χ2v) is 12.8. The van der Waals surface area contributed by atoms with Gasteiger partial charge in [-0.05, 0) is 44.2 Å². The van der Waals surface area contributed by atoms with Crippen molar-refractivity contribution in [1.82, 2.24) is 36.8 Å². The van der Waals surface area contributed by atoms with Gasteiger partial charge in [0.1, 0.15) is 24.2 Å². The number of nitriles is 1. The Labute approximate surface area is 328 Å². The molecule has 1 fully saturated rings. The lowest BCUT2D eigenvalue weighted by atomic mass is 10.0. The summed E-state index contributed by atoms with van der Waals surface area (Å²) >= 11 is 0. The first-order valence-electron chi connectivity index (χ1n) is 18.1. The minimum absolute atomic E-state index is 0.00277. The Morgan fingerprint density at radius 3 is 2.18 bits per heavy atom. The Hall–Kier alpha value is -6.63. The Kier molecular flexibility index (Phi) is 20.2. The van der Waals surface area contributed by atoms with Crippen molar-refractivity contribution in [3.63, 3.8) is 0 Å². The summed E-state index contributed by atoms with van der Waals surface area (Å²) in [5.74, 6) is -9.43. The van der Waals surface area contributed by atoms with Gasteiger partial charge in [-0.1, -0.05) is 30.3 Å². The second-order valence-electron chi connectivity index (χ2n) is 12.8. The minimum Gasteiger partial charge on any atom is -0.481 e. The van der Waals surface area contributed by atoms with Crippen molar-refractivity contribution in [3.05, 3.63) is 35.9 Å². The lowest BCUT2D eigenvalue weighted by molar-refractivity contribution is -0.154. The van der Waals surface area contributed by atoms with Crippen LogP contribution in [0.25, 0.3) is 0 Å². The number of aliphatic carboxylic acids is 1. The molecule has 1 aliphatic rings. The number of amides is 8. The largest absolute Gasteiger partial charge is 0.481 e. The number of unbranched alkanes of at least 4 members (excludes halogenated alkanes) is 1. The van der Waals surface area contributed by atoms with Crippen LogP contribution in [-0.4, -0.2) is 126 Å². The number of carbonyl (C=O) groups excluding carboxylic acids is 8. The number of nitrogens with one attached hydrogen (secondary N) is 6. The third-order valence-corrected chi connectivity index (χ3v) is 8.33. The van der Waals surface area contributed by atoms with Gasteiger partial charge in [-0.2, -0.15) is 5.26 Å². The van der Waals surface area contributed by atoms with Gasteiger partial charge < -0.3 is 54.2 Å². The van der Waals surface area contributed by atoms with Crippen LogP contribution in [-0.2, 0) is 49.6 Å². The Bertz CT molecular complexity index is 1680. The number of nitrogens with zero attached hydrogens (tertiary/aromatic N) is 3. The first-order chi connectivity index (χ1) is 27.2.